The maximum absolute atomic E-state index is 11.8. The second-order valence-corrected chi connectivity index (χ2v) is 9.75. The number of unbranched alkanes of at least 4 members (excludes halogenated alkanes) is 1. The SMILES string of the molecule is C/C=C/C(=O)N1CCC(C)(c2ccccc2)CC1.CC/C=C\C/C=C\C(C)CCCCNC(C)=O. The molecule has 1 aliphatic heterocycles. The molecule has 0 bridgehead atoms. The van der Waals surface area contributed by atoms with Crippen LogP contribution in [-0.2, 0) is 15.0 Å². The van der Waals surface area contributed by atoms with E-state index >= 15 is 0 Å². The van der Waals surface area contributed by atoms with E-state index in [4.69, 9.17) is 0 Å². The number of rotatable bonds is 11. The molecule has 1 aromatic rings. The third-order valence-corrected chi connectivity index (χ3v) is 6.56. The van der Waals surface area contributed by atoms with E-state index in [2.05, 4.69) is 80.7 Å². The summed E-state index contributed by atoms with van der Waals surface area (Å²) in [5.41, 5.74) is 1.61. The summed E-state index contributed by atoms with van der Waals surface area (Å²) >= 11 is 0. The van der Waals surface area contributed by atoms with E-state index < -0.39 is 0 Å². The summed E-state index contributed by atoms with van der Waals surface area (Å²) in [6.45, 7) is 12.7. The number of hydrogen-bond donors (Lipinski definition) is 1. The molecule has 0 saturated carbocycles. The molecule has 1 saturated heterocycles. The number of amides is 2. The van der Waals surface area contributed by atoms with Crippen molar-refractivity contribution >= 4 is 11.8 Å². The van der Waals surface area contributed by atoms with Crippen LogP contribution < -0.4 is 5.32 Å². The van der Waals surface area contributed by atoms with Gasteiger partial charge in [-0.25, -0.2) is 0 Å². The molecule has 2 rings (SSSR count). The second-order valence-electron chi connectivity index (χ2n) is 9.75. The van der Waals surface area contributed by atoms with Gasteiger partial charge in [-0.2, -0.15) is 0 Å². The molecule has 4 nitrogen and oxygen atoms in total. The largest absolute Gasteiger partial charge is 0.356 e. The Balaban J connectivity index is 0.000000351. The second kappa shape index (κ2) is 17.8. The van der Waals surface area contributed by atoms with Gasteiger partial charge in [-0.15, -0.1) is 0 Å². The zero-order valence-corrected chi connectivity index (χ0v) is 22.8. The summed E-state index contributed by atoms with van der Waals surface area (Å²) in [5, 5.41) is 2.82. The summed E-state index contributed by atoms with van der Waals surface area (Å²) in [6.07, 6.45) is 20.1. The van der Waals surface area contributed by atoms with E-state index in [9.17, 15) is 9.59 Å². The molecular formula is C31H48N2O2. The fourth-order valence-electron chi connectivity index (χ4n) is 4.20. The molecule has 2 amide bonds. The molecule has 35 heavy (non-hydrogen) atoms. The van der Waals surface area contributed by atoms with Crippen molar-refractivity contribution in [2.45, 2.75) is 85.0 Å². The van der Waals surface area contributed by atoms with Crippen LogP contribution in [0, 0.1) is 5.92 Å². The zero-order chi connectivity index (χ0) is 25.9. The van der Waals surface area contributed by atoms with E-state index in [1.165, 1.54) is 18.4 Å². The number of allylic oxidation sites excluding steroid dienone is 5. The molecule has 1 unspecified atom stereocenters. The number of nitrogens with zero attached hydrogens (tertiary/aromatic N) is 1. The van der Waals surface area contributed by atoms with Crippen molar-refractivity contribution in [2.24, 2.45) is 5.92 Å². The molecule has 1 heterocycles. The van der Waals surface area contributed by atoms with Crippen molar-refractivity contribution in [1.82, 2.24) is 10.2 Å². The average molecular weight is 481 g/mol. The van der Waals surface area contributed by atoms with Crippen LogP contribution in [0.1, 0.15) is 85.1 Å². The molecular weight excluding hydrogens is 432 g/mol. The van der Waals surface area contributed by atoms with Crippen molar-refractivity contribution in [3.05, 3.63) is 72.4 Å². The van der Waals surface area contributed by atoms with Gasteiger partial charge in [0.15, 0.2) is 0 Å². The first-order chi connectivity index (χ1) is 16.8. The van der Waals surface area contributed by atoms with Crippen molar-refractivity contribution in [1.29, 1.82) is 0 Å². The highest BCUT2D eigenvalue weighted by atomic mass is 16.2. The van der Waals surface area contributed by atoms with Gasteiger partial charge in [0.2, 0.25) is 11.8 Å². The number of likely N-dealkylation sites (tertiary alicyclic amines) is 1. The van der Waals surface area contributed by atoms with Crippen LogP contribution in [0.25, 0.3) is 0 Å². The first-order valence-corrected chi connectivity index (χ1v) is 13.4. The Kier molecular flexibility index (Phi) is 15.4. The van der Waals surface area contributed by atoms with E-state index in [1.807, 2.05) is 17.9 Å². The van der Waals surface area contributed by atoms with E-state index in [1.54, 1.807) is 13.0 Å². The summed E-state index contributed by atoms with van der Waals surface area (Å²) < 4.78 is 0. The van der Waals surface area contributed by atoms with Gasteiger partial charge < -0.3 is 10.2 Å². The summed E-state index contributed by atoms with van der Waals surface area (Å²) in [6, 6.07) is 10.6. The molecule has 0 aliphatic carbocycles. The lowest BCUT2D eigenvalue weighted by Gasteiger charge is -2.39. The Labute approximate surface area is 214 Å². The minimum Gasteiger partial charge on any atom is -0.356 e. The number of benzene rings is 1. The molecule has 0 aromatic heterocycles. The number of carbonyl (C=O) groups excluding carboxylic acids is 2. The number of hydrogen-bond acceptors (Lipinski definition) is 2. The Morgan fingerprint density at radius 2 is 1.77 bits per heavy atom. The molecule has 1 atom stereocenters. The maximum Gasteiger partial charge on any atom is 0.246 e. The molecule has 1 aliphatic rings. The lowest BCUT2D eigenvalue weighted by atomic mass is 9.74. The highest BCUT2D eigenvalue weighted by Gasteiger charge is 2.32. The maximum atomic E-state index is 11.8. The lowest BCUT2D eigenvalue weighted by molar-refractivity contribution is -0.127. The molecule has 0 radical (unpaired) electrons. The number of carbonyl (C=O) groups is 2. The van der Waals surface area contributed by atoms with E-state index in [0.717, 1.165) is 51.7 Å². The van der Waals surface area contributed by atoms with Crippen LogP contribution in [0.5, 0.6) is 0 Å². The van der Waals surface area contributed by atoms with Crippen molar-refractivity contribution in [3.63, 3.8) is 0 Å². The standard InChI is InChI=1S/C16H21NO.C15H27NO/c1-3-7-15(18)17-12-10-16(2,11-13-17)14-8-5-4-6-9-14;1-4-5-6-7-8-11-14(2)12-9-10-13-16-15(3)17/h3-9H,10-13H2,1-2H3;5-6,8,11,14H,4,7,9-10,12-13H2,1-3H3,(H,16,17)/b7-3+;6-5-,11-8-. The van der Waals surface area contributed by atoms with Crippen LogP contribution >= 0.6 is 0 Å². The minimum atomic E-state index is 0.0701. The van der Waals surface area contributed by atoms with Gasteiger partial charge in [-0.3, -0.25) is 9.59 Å². The van der Waals surface area contributed by atoms with Gasteiger partial charge in [0.05, 0.1) is 0 Å². The van der Waals surface area contributed by atoms with Gasteiger partial charge in [-0.05, 0) is 68.4 Å². The molecule has 1 aromatic carbocycles. The fraction of sp³-hybridized carbons (Fsp3) is 0.548. The normalized spacial score (nSPS) is 16.3. The quantitative estimate of drug-likeness (QED) is 0.211. The Morgan fingerprint density at radius 3 is 2.37 bits per heavy atom. The van der Waals surface area contributed by atoms with Crippen LogP contribution in [0.3, 0.4) is 0 Å². The zero-order valence-electron chi connectivity index (χ0n) is 22.8. The molecule has 194 valence electrons. The molecule has 1 N–H and O–H groups in total. The number of piperidine rings is 1. The van der Waals surface area contributed by atoms with E-state index in [-0.39, 0.29) is 17.2 Å². The topological polar surface area (TPSA) is 49.4 Å². The van der Waals surface area contributed by atoms with Crippen molar-refractivity contribution in [3.8, 4) is 0 Å². The number of nitrogens with one attached hydrogen (secondary N) is 1. The van der Waals surface area contributed by atoms with Gasteiger partial charge >= 0.3 is 0 Å². The summed E-state index contributed by atoms with van der Waals surface area (Å²) in [7, 11) is 0. The van der Waals surface area contributed by atoms with Crippen LogP contribution in [0.15, 0.2) is 66.8 Å². The van der Waals surface area contributed by atoms with Gasteiger partial charge in [0.1, 0.15) is 0 Å². The lowest BCUT2D eigenvalue weighted by Crippen LogP contribution is -2.43. The Hall–Kier alpha value is -2.62. The van der Waals surface area contributed by atoms with Crippen molar-refractivity contribution < 1.29 is 9.59 Å². The fourth-order valence-corrected chi connectivity index (χ4v) is 4.20. The van der Waals surface area contributed by atoms with Crippen molar-refractivity contribution in [2.75, 3.05) is 19.6 Å². The van der Waals surface area contributed by atoms with Crippen LogP contribution in [0.2, 0.25) is 0 Å². The van der Waals surface area contributed by atoms with Gasteiger partial charge in [-0.1, -0.05) is 87.9 Å². The summed E-state index contributed by atoms with van der Waals surface area (Å²) in [5.74, 6) is 0.857. The van der Waals surface area contributed by atoms with Crippen LogP contribution in [0.4, 0.5) is 0 Å². The summed E-state index contributed by atoms with van der Waals surface area (Å²) in [4.78, 5) is 24.4. The van der Waals surface area contributed by atoms with Gasteiger partial charge in [0.25, 0.3) is 0 Å². The molecule has 4 heteroatoms. The van der Waals surface area contributed by atoms with Crippen LogP contribution in [-0.4, -0.2) is 36.3 Å². The minimum absolute atomic E-state index is 0.0701. The third-order valence-electron chi connectivity index (χ3n) is 6.56. The Morgan fingerprint density at radius 1 is 1.09 bits per heavy atom. The van der Waals surface area contributed by atoms with E-state index in [0.29, 0.717) is 5.92 Å². The van der Waals surface area contributed by atoms with Gasteiger partial charge in [0, 0.05) is 26.6 Å². The molecule has 1 fully saturated rings. The first-order valence-electron chi connectivity index (χ1n) is 13.4. The smallest absolute Gasteiger partial charge is 0.246 e. The highest BCUT2D eigenvalue weighted by Crippen LogP contribution is 2.34. The Bertz CT molecular complexity index is 803. The highest BCUT2D eigenvalue weighted by molar-refractivity contribution is 5.87. The predicted octanol–water partition coefficient (Wildman–Crippen LogP) is 6.98. The predicted molar refractivity (Wildman–Crippen MR) is 149 cm³/mol. The monoisotopic (exact) mass is 480 g/mol. The first kappa shape index (κ1) is 30.4. The molecule has 0 spiro atoms. The third kappa shape index (κ3) is 13.2. The average Bonchev–Trinajstić information content (AvgIpc) is 2.85.